The normalized spacial score (nSPS) is 9.60. The van der Waals surface area contributed by atoms with Crippen LogP contribution < -0.4 is 9.47 Å². The molecule has 0 unspecified atom stereocenters. The largest absolute Gasteiger partial charge is 0.492 e. The van der Waals surface area contributed by atoms with Gasteiger partial charge in [0, 0.05) is 6.20 Å². The molecule has 5 heteroatoms. The first-order valence-electron chi connectivity index (χ1n) is 4.31. The molecule has 0 atom stereocenters. The summed E-state index contributed by atoms with van der Waals surface area (Å²) < 4.78 is 14.8. The number of nitrogens with zero attached hydrogens (tertiary/aromatic N) is 1. The molecule has 0 N–H and O–H groups in total. The number of aromatic nitrogens is 1. The van der Waals surface area contributed by atoms with E-state index in [1.807, 2.05) is 0 Å². The number of ether oxygens (including phenoxy) is 3. The summed E-state index contributed by atoms with van der Waals surface area (Å²) in [5, 5.41) is 0. The first-order valence-corrected chi connectivity index (χ1v) is 4.31. The van der Waals surface area contributed by atoms with E-state index in [1.165, 1.54) is 27.5 Å². The minimum atomic E-state index is -0.502. The minimum Gasteiger partial charge on any atom is -0.492 e. The molecule has 0 bridgehead atoms. The first kappa shape index (κ1) is 11.3. The third kappa shape index (κ3) is 2.01. The van der Waals surface area contributed by atoms with E-state index in [0.717, 1.165) is 0 Å². The van der Waals surface area contributed by atoms with Gasteiger partial charge in [0.25, 0.3) is 0 Å². The number of carbonyl (C=O) groups is 1. The second kappa shape index (κ2) is 4.63. The van der Waals surface area contributed by atoms with Crippen LogP contribution in [-0.4, -0.2) is 32.3 Å². The Labute approximate surface area is 88.0 Å². The average Bonchev–Trinajstić information content (AvgIpc) is 2.27. The Balaban J connectivity index is 3.35. The lowest BCUT2D eigenvalue weighted by Gasteiger charge is -2.12. The van der Waals surface area contributed by atoms with Gasteiger partial charge in [-0.2, -0.15) is 0 Å². The Morgan fingerprint density at radius 1 is 1.20 bits per heavy atom. The molecule has 5 nitrogen and oxygen atoms in total. The highest BCUT2D eigenvalue weighted by Crippen LogP contribution is 2.32. The van der Waals surface area contributed by atoms with Crippen LogP contribution in [0.1, 0.15) is 16.1 Å². The van der Waals surface area contributed by atoms with Crippen molar-refractivity contribution in [3.05, 3.63) is 17.5 Å². The van der Waals surface area contributed by atoms with Crippen LogP contribution in [0.15, 0.2) is 6.20 Å². The van der Waals surface area contributed by atoms with Crippen LogP contribution in [0.5, 0.6) is 11.5 Å². The molecule has 0 aliphatic heterocycles. The molecule has 0 spiro atoms. The summed E-state index contributed by atoms with van der Waals surface area (Å²) >= 11 is 0. The summed E-state index contributed by atoms with van der Waals surface area (Å²) in [7, 11) is 4.26. The van der Waals surface area contributed by atoms with Crippen molar-refractivity contribution in [2.24, 2.45) is 0 Å². The summed E-state index contributed by atoms with van der Waals surface area (Å²) in [6.45, 7) is 1.77. The van der Waals surface area contributed by atoms with Crippen molar-refractivity contribution in [2.75, 3.05) is 21.3 Å². The van der Waals surface area contributed by atoms with Gasteiger partial charge in [-0.05, 0) is 6.92 Å². The molecule has 0 aromatic carbocycles. The Hall–Kier alpha value is -1.78. The van der Waals surface area contributed by atoms with Crippen LogP contribution >= 0.6 is 0 Å². The fourth-order valence-corrected chi connectivity index (χ4v) is 1.26. The molecule has 0 aliphatic rings. The summed E-state index contributed by atoms with van der Waals surface area (Å²) in [6.07, 6.45) is 1.41. The fourth-order valence-electron chi connectivity index (χ4n) is 1.26. The third-order valence-electron chi connectivity index (χ3n) is 1.98. The van der Waals surface area contributed by atoms with Gasteiger partial charge >= 0.3 is 5.97 Å². The number of esters is 1. The van der Waals surface area contributed by atoms with Gasteiger partial charge in [0.05, 0.1) is 27.0 Å². The Morgan fingerprint density at radius 3 is 2.27 bits per heavy atom. The number of methoxy groups -OCH3 is 3. The Bertz CT molecular complexity index is 376. The monoisotopic (exact) mass is 211 g/mol. The van der Waals surface area contributed by atoms with E-state index in [-0.39, 0.29) is 5.56 Å². The average molecular weight is 211 g/mol. The zero-order chi connectivity index (χ0) is 11.4. The second-order valence-corrected chi connectivity index (χ2v) is 2.82. The quantitative estimate of drug-likeness (QED) is 0.703. The summed E-state index contributed by atoms with van der Waals surface area (Å²) in [6, 6.07) is 0. The van der Waals surface area contributed by atoms with E-state index in [1.54, 1.807) is 6.92 Å². The highest BCUT2D eigenvalue weighted by molar-refractivity contribution is 5.93. The molecule has 1 aromatic rings. The van der Waals surface area contributed by atoms with Crippen LogP contribution in [-0.2, 0) is 4.74 Å². The van der Waals surface area contributed by atoms with E-state index in [0.29, 0.717) is 17.2 Å². The molecular weight excluding hydrogens is 198 g/mol. The van der Waals surface area contributed by atoms with Gasteiger partial charge in [0.2, 0.25) is 0 Å². The fraction of sp³-hybridized carbons (Fsp3) is 0.400. The van der Waals surface area contributed by atoms with E-state index in [2.05, 4.69) is 9.72 Å². The van der Waals surface area contributed by atoms with E-state index >= 15 is 0 Å². The molecule has 0 fully saturated rings. The van der Waals surface area contributed by atoms with Gasteiger partial charge in [-0.15, -0.1) is 0 Å². The van der Waals surface area contributed by atoms with E-state index < -0.39 is 5.97 Å². The number of pyridine rings is 1. The van der Waals surface area contributed by atoms with Crippen LogP contribution in [0, 0.1) is 6.92 Å². The maximum Gasteiger partial charge on any atom is 0.343 e. The molecule has 1 heterocycles. The summed E-state index contributed by atoms with van der Waals surface area (Å²) in [5.74, 6) is 0.287. The second-order valence-electron chi connectivity index (χ2n) is 2.82. The molecule has 0 amide bonds. The molecular formula is C10H13NO4. The lowest BCUT2D eigenvalue weighted by atomic mass is 10.2. The molecule has 82 valence electrons. The number of rotatable bonds is 3. The van der Waals surface area contributed by atoms with Crippen LogP contribution in [0.25, 0.3) is 0 Å². The molecule has 15 heavy (non-hydrogen) atoms. The SMILES string of the molecule is COC(=O)c1cnc(C)c(OC)c1OC. The number of hydrogen-bond acceptors (Lipinski definition) is 5. The maximum atomic E-state index is 11.4. The Kier molecular flexibility index (Phi) is 3.49. The van der Waals surface area contributed by atoms with Gasteiger partial charge in [0.15, 0.2) is 11.5 Å². The lowest BCUT2D eigenvalue weighted by Crippen LogP contribution is -2.07. The first-order chi connectivity index (χ1) is 7.15. The Morgan fingerprint density at radius 2 is 1.80 bits per heavy atom. The number of carbonyl (C=O) groups excluding carboxylic acids is 1. The standard InChI is InChI=1S/C10H13NO4/c1-6-8(13-2)9(14-3)7(5-11-6)10(12)15-4/h5H,1-4H3. The lowest BCUT2D eigenvalue weighted by molar-refractivity contribution is 0.0596. The van der Waals surface area contributed by atoms with Gasteiger partial charge in [0.1, 0.15) is 5.56 Å². The molecule has 0 saturated carbocycles. The van der Waals surface area contributed by atoms with Gasteiger partial charge in [-0.25, -0.2) is 4.79 Å². The maximum absolute atomic E-state index is 11.4. The predicted octanol–water partition coefficient (Wildman–Crippen LogP) is 1.19. The highest BCUT2D eigenvalue weighted by Gasteiger charge is 2.19. The summed E-state index contributed by atoms with van der Waals surface area (Å²) in [4.78, 5) is 15.4. The van der Waals surface area contributed by atoms with Gasteiger partial charge in [-0.3, -0.25) is 4.98 Å². The number of aryl methyl sites for hydroxylation is 1. The molecule has 0 radical (unpaired) electrons. The highest BCUT2D eigenvalue weighted by atomic mass is 16.5. The van der Waals surface area contributed by atoms with Crippen LogP contribution in [0.3, 0.4) is 0 Å². The zero-order valence-electron chi connectivity index (χ0n) is 9.16. The topological polar surface area (TPSA) is 57.7 Å². The van der Waals surface area contributed by atoms with Crippen molar-refractivity contribution in [1.82, 2.24) is 4.98 Å². The van der Waals surface area contributed by atoms with Crippen molar-refractivity contribution in [2.45, 2.75) is 6.92 Å². The third-order valence-corrected chi connectivity index (χ3v) is 1.98. The van der Waals surface area contributed by atoms with Gasteiger partial charge < -0.3 is 14.2 Å². The van der Waals surface area contributed by atoms with Crippen molar-refractivity contribution >= 4 is 5.97 Å². The van der Waals surface area contributed by atoms with Crippen LogP contribution in [0.2, 0.25) is 0 Å². The van der Waals surface area contributed by atoms with Crippen molar-refractivity contribution in [1.29, 1.82) is 0 Å². The van der Waals surface area contributed by atoms with Crippen molar-refractivity contribution < 1.29 is 19.0 Å². The minimum absolute atomic E-state index is 0.252. The van der Waals surface area contributed by atoms with Gasteiger partial charge in [-0.1, -0.05) is 0 Å². The molecule has 1 aromatic heterocycles. The van der Waals surface area contributed by atoms with Crippen molar-refractivity contribution in [3.63, 3.8) is 0 Å². The zero-order valence-corrected chi connectivity index (χ0v) is 9.16. The predicted molar refractivity (Wildman–Crippen MR) is 53.4 cm³/mol. The van der Waals surface area contributed by atoms with E-state index in [9.17, 15) is 4.79 Å². The van der Waals surface area contributed by atoms with Crippen LogP contribution in [0.4, 0.5) is 0 Å². The van der Waals surface area contributed by atoms with Crippen molar-refractivity contribution in [3.8, 4) is 11.5 Å². The summed E-state index contributed by atoms with van der Waals surface area (Å²) in [5.41, 5.74) is 0.907. The smallest absolute Gasteiger partial charge is 0.343 e. The molecule has 0 saturated heterocycles. The molecule has 1 rings (SSSR count). The van der Waals surface area contributed by atoms with E-state index in [4.69, 9.17) is 9.47 Å². The number of hydrogen-bond donors (Lipinski definition) is 0. The molecule has 0 aliphatic carbocycles.